The summed E-state index contributed by atoms with van der Waals surface area (Å²) >= 11 is 0. The van der Waals surface area contributed by atoms with Crippen molar-refractivity contribution in [3.63, 3.8) is 0 Å². The van der Waals surface area contributed by atoms with Gasteiger partial charge in [0.05, 0.1) is 22.2 Å². The van der Waals surface area contributed by atoms with Gasteiger partial charge in [-0.3, -0.25) is 0 Å². The van der Waals surface area contributed by atoms with E-state index in [2.05, 4.69) is 14.9 Å². The molecule has 1 aliphatic heterocycles. The van der Waals surface area contributed by atoms with Crippen molar-refractivity contribution in [3.8, 4) is 0 Å². The maximum absolute atomic E-state index is 14.9. The van der Waals surface area contributed by atoms with Gasteiger partial charge >= 0.3 is 0 Å². The number of nitrogens with zero attached hydrogens (tertiary/aromatic N) is 4. The standard InChI is InChI=1S/C25H24F3N5O2S/c1-17-5-8-19(9-6-17)36(34,35)31-30-24(23-20(27)3-2-4-21(23)28)33-14-13-32(16-25(33)11-12-25)22-10-7-18(26)15-29-22/h2-10,15,31H,11-14,16H2,1H3/b30-24-. The van der Waals surface area contributed by atoms with Crippen LogP contribution in [-0.4, -0.2) is 49.3 Å². The molecule has 1 N–H and O–H groups in total. The van der Waals surface area contributed by atoms with Crippen molar-refractivity contribution in [3.05, 3.63) is 89.4 Å². The molecule has 1 spiro atoms. The molecule has 1 aromatic heterocycles. The fraction of sp³-hybridized carbons (Fsp3) is 0.280. The van der Waals surface area contributed by atoms with Crippen LogP contribution in [-0.2, 0) is 10.0 Å². The molecular formula is C25H24F3N5O2S. The first-order valence-electron chi connectivity index (χ1n) is 11.4. The fourth-order valence-corrected chi connectivity index (χ4v) is 5.27. The smallest absolute Gasteiger partial charge is 0.276 e. The summed E-state index contributed by atoms with van der Waals surface area (Å²) in [6.45, 7) is 3.01. The Morgan fingerprint density at radius 2 is 1.69 bits per heavy atom. The lowest BCUT2D eigenvalue weighted by atomic mass is 10.1. The third-order valence-electron chi connectivity index (χ3n) is 6.56. The Morgan fingerprint density at radius 1 is 1.00 bits per heavy atom. The SMILES string of the molecule is Cc1ccc(S(=O)(=O)N/N=C(/c2c(F)cccc2F)N2CCN(c3ccc(F)cn3)CC23CC3)cc1. The maximum Gasteiger partial charge on any atom is 0.276 e. The summed E-state index contributed by atoms with van der Waals surface area (Å²) in [5.74, 6) is -1.66. The van der Waals surface area contributed by atoms with Crippen LogP contribution < -0.4 is 9.73 Å². The monoisotopic (exact) mass is 515 g/mol. The third-order valence-corrected chi connectivity index (χ3v) is 7.78. The average molecular weight is 516 g/mol. The molecule has 0 unspecified atom stereocenters. The van der Waals surface area contributed by atoms with Gasteiger partial charge in [0.15, 0.2) is 5.84 Å². The normalized spacial score (nSPS) is 17.4. The number of hydrogen-bond donors (Lipinski definition) is 1. The largest absolute Gasteiger partial charge is 0.352 e. The number of hydrazone groups is 1. The van der Waals surface area contributed by atoms with Crippen molar-refractivity contribution >= 4 is 21.7 Å². The number of amidine groups is 1. The zero-order valence-electron chi connectivity index (χ0n) is 19.5. The van der Waals surface area contributed by atoms with Crippen molar-refractivity contribution in [2.75, 3.05) is 24.5 Å². The molecule has 0 radical (unpaired) electrons. The highest BCUT2D eigenvalue weighted by Gasteiger charge is 2.53. The van der Waals surface area contributed by atoms with E-state index in [1.54, 1.807) is 23.1 Å². The Morgan fingerprint density at radius 3 is 2.31 bits per heavy atom. The highest BCUT2D eigenvalue weighted by molar-refractivity contribution is 7.89. The van der Waals surface area contributed by atoms with Crippen LogP contribution in [0, 0.1) is 24.4 Å². The lowest BCUT2D eigenvalue weighted by Gasteiger charge is -2.44. The van der Waals surface area contributed by atoms with Gasteiger partial charge in [-0.15, -0.1) is 5.10 Å². The Bertz CT molecular complexity index is 1390. The minimum Gasteiger partial charge on any atom is -0.352 e. The van der Waals surface area contributed by atoms with Crippen LogP contribution in [0.15, 0.2) is 70.8 Å². The number of pyridine rings is 1. The first-order chi connectivity index (χ1) is 17.2. The van der Waals surface area contributed by atoms with Gasteiger partial charge in [-0.05, 0) is 56.2 Å². The second-order valence-corrected chi connectivity index (χ2v) is 10.7. The summed E-state index contributed by atoms with van der Waals surface area (Å²) in [4.78, 5) is 10.1. The van der Waals surface area contributed by atoms with Crippen molar-refractivity contribution in [1.29, 1.82) is 0 Å². The molecule has 3 aromatic rings. The molecule has 0 atom stereocenters. The van der Waals surface area contributed by atoms with Gasteiger partial charge in [-0.25, -0.2) is 18.2 Å². The highest BCUT2D eigenvalue weighted by Crippen LogP contribution is 2.46. The van der Waals surface area contributed by atoms with E-state index < -0.39 is 38.6 Å². The molecule has 7 nitrogen and oxygen atoms in total. The van der Waals surface area contributed by atoms with Gasteiger partial charge < -0.3 is 9.80 Å². The molecule has 5 rings (SSSR count). The molecule has 188 valence electrons. The molecule has 2 heterocycles. The van der Waals surface area contributed by atoms with Gasteiger partial charge in [0.1, 0.15) is 23.3 Å². The molecule has 36 heavy (non-hydrogen) atoms. The lowest BCUT2D eigenvalue weighted by molar-refractivity contribution is 0.257. The minimum atomic E-state index is -4.08. The number of anilines is 1. The van der Waals surface area contributed by atoms with Crippen LogP contribution in [0.1, 0.15) is 24.0 Å². The number of rotatable bonds is 5. The number of benzene rings is 2. The molecule has 0 amide bonds. The highest BCUT2D eigenvalue weighted by atomic mass is 32.2. The Balaban J connectivity index is 1.50. The summed E-state index contributed by atoms with van der Waals surface area (Å²) in [7, 11) is -4.08. The van der Waals surface area contributed by atoms with Gasteiger partial charge in [-0.2, -0.15) is 13.2 Å². The summed E-state index contributed by atoms with van der Waals surface area (Å²) < 4.78 is 69.0. The number of halogens is 3. The summed E-state index contributed by atoms with van der Waals surface area (Å²) in [6.07, 6.45) is 2.57. The fourth-order valence-electron chi connectivity index (χ4n) is 4.47. The van der Waals surface area contributed by atoms with Gasteiger partial charge in [0, 0.05) is 19.6 Å². The van der Waals surface area contributed by atoms with Crippen LogP contribution in [0.2, 0.25) is 0 Å². The Kier molecular flexibility index (Phi) is 6.11. The molecule has 11 heteroatoms. The maximum atomic E-state index is 14.9. The number of aromatic nitrogens is 1. The van der Waals surface area contributed by atoms with Gasteiger partial charge in [0.2, 0.25) is 0 Å². The predicted molar refractivity (Wildman–Crippen MR) is 129 cm³/mol. The van der Waals surface area contributed by atoms with E-state index in [1.807, 2.05) is 11.8 Å². The van der Waals surface area contributed by atoms with E-state index >= 15 is 0 Å². The van der Waals surface area contributed by atoms with E-state index in [-0.39, 0.29) is 10.7 Å². The second-order valence-electron chi connectivity index (χ2n) is 9.07. The van der Waals surface area contributed by atoms with E-state index in [1.165, 1.54) is 24.3 Å². The molecule has 1 saturated carbocycles. The first kappa shape index (κ1) is 24.1. The minimum absolute atomic E-state index is 0.0152. The summed E-state index contributed by atoms with van der Waals surface area (Å²) in [5.41, 5.74) is -0.0310. The van der Waals surface area contributed by atoms with E-state index in [0.717, 1.165) is 23.9 Å². The van der Waals surface area contributed by atoms with Gasteiger partial charge in [0.25, 0.3) is 10.0 Å². The zero-order valence-corrected chi connectivity index (χ0v) is 20.3. The molecule has 2 aromatic carbocycles. The number of aryl methyl sites for hydroxylation is 1. The van der Waals surface area contributed by atoms with E-state index in [4.69, 9.17) is 0 Å². The Hall–Kier alpha value is -3.60. The lowest BCUT2D eigenvalue weighted by Crippen LogP contribution is -2.58. The average Bonchev–Trinajstić information content (AvgIpc) is 3.61. The summed E-state index contributed by atoms with van der Waals surface area (Å²) in [5, 5.41) is 4.10. The molecule has 1 aliphatic carbocycles. The number of sulfonamides is 1. The van der Waals surface area contributed by atoms with Crippen LogP contribution in [0.25, 0.3) is 0 Å². The van der Waals surface area contributed by atoms with Crippen molar-refractivity contribution in [2.24, 2.45) is 5.10 Å². The molecule has 0 bridgehead atoms. The predicted octanol–water partition coefficient (Wildman–Crippen LogP) is 3.80. The number of piperazine rings is 1. The molecular weight excluding hydrogens is 491 g/mol. The van der Waals surface area contributed by atoms with Crippen molar-refractivity contribution in [2.45, 2.75) is 30.2 Å². The number of nitrogens with one attached hydrogen (secondary N) is 1. The number of hydrogen-bond acceptors (Lipinski definition) is 5. The van der Waals surface area contributed by atoms with Crippen LogP contribution in [0.5, 0.6) is 0 Å². The Labute approximate surface area is 207 Å². The van der Waals surface area contributed by atoms with Gasteiger partial charge in [-0.1, -0.05) is 23.8 Å². The molecule has 2 fully saturated rings. The van der Waals surface area contributed by atoms with E-state index in [9.17, 15) is 21.6 Å². The van der Waals surface area contributed by atoms with E-state index in [0.29, 0.717) is 38.3 Å². The second kappa shape index (κ2) is 9.12. The van der Waals surface area contributed by atoms with Crippen LogP contribution in [0.4, 0.5) is 19.0 Å². The molecule has 2 aliphatic rings. The van der Waals surface area contributed by atoms with Crippen molar-refractivity contribution in [1.82, 2.24) is 14.7 Å². The van der Waals surface area contributed by atoms with Crippen LogP contribution >= 0.6 is 0 Å². The topological polar surface area (TPSA) is 77.9 Å². The van der Waals surface area contributed by atoms with Crippen molar-refractivity contribution < 1.29 is 21.6 Å². The molecule has 1 saturated heterocycles. The third kappa shape index (κ3) is 4.62. The van der Waals surface area contributed by atoms with Crippen LogP contribution in [0.3, 0.4) is 0 Å². The zero-order chi connectivity index (χ0) is 25.5. The quantitative estimate of drug-likeness (QED) is 0.318. The summed E-state index contributed by atoms with van der Waals surface area (Å²) in [6, 6.07) is 12.6. The first-order valence-corrected chi connectivity index (χ1v) is 12.9.